The fourth-order valence-corrected chi connectivity index (χ4v) is 2.84. The summed E-state index contributed by atoms with van der Waals surface area (Å²) in [4.78, 5) is 4.60. The van der Waals surface area contributed by atoms with Crippen molar-refractivity contribution in [2.24, 2.45) is 4.99 Å². The molecule has 0 spiro atoms. The van der Waals surface area contributed by atoms with E-state index in [2.05, 4.69) is 21.7 Å². The van der Waals surface area contributed by atoms with Crippen molar-refractivity contribution in [1.82, 2.24) is 10.6 Å². The molecule has 6 heteroatoms. The molecule has 0 heterocycles. The van der Waals surface area contributed by atoms with E-state index in [1.807, 2.05) is 6.92 Å². The van der Waals surface area contributed by atoms with E-state index in [1.165, 1.54) is 24.0 Å². The van der Waals surface area contributed by atoms with Crippen LogP contribution in [0, 0.1) is 0 Å². The number of aliphatic imine (C=N–C) groups is 1. The van der Waals surface area contributed by atoms with E-state index in [-0.39, 0.29) is 24.0 Å². The maximum atomic E-state index is 10.2. The second-order valence-corrected chi connectivity index (χ2v) is 5.52. The van der Waals surface area contributed by atoms with Crippen LogP contribution in [-0.2, 0) is 24.1 Å². The molecular formula is C17H28IN3O2. The Bertz CT molecular complexity index is 521. The number of aromatic hydroxyl groups is 1. The molecule has 0 atom stereocenters. The van der Waals surface area contributed by atoms with Crippen LogP contribution in [0.1, 0.15) is 36.5 Å². The minimum Gasteiger partial charge on any atom is -0.508 e. The maximum absolute atomic E-state index is 10.2. The van der Waals surface area contributed by atoms with Crippen molar-refractivity contribution >= 4 is 29.9 Å². The smallest absolute Gasteiger partial charge is 0.191 e. The number of hydrogen-bond donors (Lipinski definition) is 3. The highest BCUT2D eigenvalue weighted by Crippen LogP contribution is 2.30. The zero-order valence-corrected chi connectivity index (χ0v) is 16.4. The molecule has 1 aliphatic rings. The molecule has 1 aliphatic carbocycles. The average molecular weight is 433 g/mol. The highest BCUT2D eigenvalue weighted by atomic mass is 127. The molecule has 3 N–H and O–H groups in total. The van der Waals surface area contributed by atoms with Crippen molar-refractivity contribution < 1.29 is 9.84 Å². The first-order chi connectivity index (χ1) is 10.8. The van der Waals surface area contributed by atoms with Crippen molar-refractivity contribution in [3.63, 3.8) is 0 Å². The Hall–Kier alpha value is -1.02. The summed E-state index contributed by atoms with van der Waals surface area (Å²) in [7, 11) is 1.68. The first-order valence-corrected chi connectivity index (χ1v) is 8.10. The molecule has 130 valence electrons. The van der Waals surface area contributed by atoms with Gasteiger partial charge in [0.1, 0.15) is 5.75 Å². The summed E-state index contributed by atoms with van der Waals surface area (Å²) in [6.07, 6.45) is 4.59. The summed E-state index contributed by atoms with van der Waals surface area (Å²) in [6, 6.07) is 3.86. The Kier molecular flexibility index (Phi) is 9.31. The van der Waals surface area contributed by atoms with Gasteiger partial charge >= 0.3 is 0 Å². The molecule has 1 aromatic rings. The second-order valence-electron chi connectivity index (χ2n) is 5.52. The van der Waals surface area contributed by atoms with Crippen molar-refractivity contribution in [1.29, 1.82) is 0 Å². The van der Waals surface area contributed by atoms with Crippen molar-refractivity contribution in [2.45, 2.75) is 39.2 Å². The summed E-state index contributed by atoms with van der Waals surface area (Å²) < 4.78 is 5.04. The number of phenols is 1. The number of rotatable bonds is 6. The average Bonchev–Trinajstić information content (AvgIpc) is 2.54. The number of phenolic OH excluding ortho intramolecular Hbond substituents is 1. The molecule has 23 heavy (non-hydrogen) atoms. The quantitative estimate of drug-likeness (QED) is 0.279. The molecule has 0 aliphatic heterocycles. The third kappa shape index (κ3) is 5.84. The number of halogens is 1. The summed E-state index contributed by atoms with van der Waals surface area (Å²) >= 11 is 0. The van der Waals surface area contributed by atoms with Gasteiger partial charge in [-0.25, -0.2) is 4.99 Å². The van der Waals surface area contributed by atoms with E-state index in [0.29, 0.717) is 25.4 Å². The van der Waals surface area contributed by atoms with Crippen molar-refractivity contribution in [2.75, 3.05) is 26.8 Å². The number of fused-ring (bicyclic) bond motifs is 1. The fourth-order valence-electron chi connectivity index (χ4n) is 2.84. The van der Waals surface area contributed by atoms with Gasteiger partial charge in [0.25, 0.3) is 0 Å². The molecule has 0 amide bonds. The number of methoxy groups -OCH3 is 1. The van der Waals surface area contributed by atoms with E-state index in [4.69, 9.17) is 4.74 Å². The Morgan fingerprint density at radius 3 is 2.78 bits per heavy atom. The van der Waals surface area contributed by atoms with Gasteiger partial charge in [-0.3, -0.25) is 0 Å². The standard InChI is InChI=1S/C17H27N3O2.HI/c1-3-18-17(19-10-11-22-2)20-12-15-14-7-5-4-6-13(14)8-9-16(15)21;/h8-9,21H,3-7,10-12H2,1-2H3,(H2,18,19,20);1H. The lowest BCUT2D eigenvalue weighted by molar-refractivity contribution is 0.203. The van der Waals surface area contributed by atoms with E-state index in [1.54, 1.807) is 13.2 Å². The minimum absolute atomic E-state index is 0. The predicted molar refractivity (Wildman–Crippen MR) is 105 cm³/mol. The van der Waals surface area contributed by atoms with E-state index < -0.39 is 0 Å². The summed E-state index contributed by atoms with van der Waals surface area (Å²) in [5.74, 6) is 1.12. The maximum Gasteiger partial charge on any atom is 0.191 e. The van der Waals surface area contributed by atoms with Crippen LogP contribution < -0.4 is 10.6 Å². The number of nitrogens with zero attached hydrogens (tertiary/aromatic N) is 1. The molecule has 1 aromatic carbocycles. The third-order valence-electron chi connectivity index (χ3n) is 3.96. The van der Waals surface area contributed by atoms with Gasteiger partial charge in [0.2, 0.25) is 0 Å². The number of benzene rings is 1. The van der Waals surface area contributed by atoms with Crippen LogP contribution in [0.3, 0.4) is 0 Å². The largest absolute Gasteiger partial charge is 0.508 e. The lowest BCUT2D eigenvalue weighted by Crippen LogP contribution is -2.38. The molecule has 5 nitrogen and oxygen atoms in total. The van der Waals surface area contributed by atoms with Gasteiger partial charge in [-0.1, -0.05) is 6.07 Å². The monoisotopic (exact) mass is 433 g/mol. The highest BCUT2D eigenvalue weighted by molar-refractivity contribution is 14.0. The molecule has 0 fully saturated rings. The van der Waals surface area contributed by atoms with Crippen LogP contribution in [0.4, 0.5) is 0 Å². The molecule has 0 saturated carbocycles. The third-order valence-corrected chi connectivity index (χ3v) is 3.96. The number of nitrogens with one attached hydrogen (secondary N) is 2. The summed E-state index contributed by atoms with van der Waals surface area (Å²) in [6.45, 7) is 4.68. The Morgan fingerprint density at radius 1 is 1.26 bits per heavy atom. The second kappa shape index (κ2) is 10.7. The molecule has 2 rings (SSSR count). The van der Waals surface area contributed by atoms with E-state index in [9.17, 15) is 5.11 Å². The number of guanidine groups is 1. The summed E-state index contributed by atoms with van der Waals surface area (Å²) in [5.41, 5.74) is 3.63. The van der Waals surface area contributed by atoms with Crippen LogP contribution in [0.2, 0.25) is 0 Å². The fraction of sp³-hybridized carbons (Fsp3) is 0.588. The Balaban J connectivity index is 0.00000264. The molecule has 0 unspecified atom stereocenters. The number of ether oxygens (including phenoxy) is 1. The van der Waals surface area contributed by atoms with Gasteiger partial charge in [0.15, 0.2) is 5.96 Å². The van der Waals surface area contributed by atoms with Crippen molar-refractivity contribution in [3.8, 4) is 5.75 Å². The lowest BCUT2D eigenvalue weighted by Gasteiger charge is -2.20. The molecule has 0 aromatic heterocycles. The molecule has 0 bridgehead atoms. The molecule has 0 saturated heterocycles. The summed E-state index contributed by atoms with van der Waals surface area (Å²) in [5, 5.41) is 16.6. The van der Waals surface area contributed by atoms with E-state index in [0.717, 1.165) is 30.9 Å². The first kappa shape index (κ1) is 20.0. The van der Waals surface area contributed by atoms with Gasteiger partial charge in [-0.05, 0) is 49.8 Å². The molecular weight excluding hydrogens is 405 g/mol. The van der Waals surface area contributed by atoms with E-state index >= 15 is 0 Å². The van der Waals surface area contributed by atoms with Crippen LogP contribution in [0.15, 0.2) is 17.1 Å². The van der Waals surface area contributed by atoms with Gasteiger partial charge in [0.05, 0.1) is 13.2 Å². The topological polar surface area (TPSA) is 65.9 Å². The first-order valence-electron chi connectivity index (χ1n) is 8.10. The zero-order valence-electron chi connectivity index (χ0n) is 14.0. The number of aryl methyl sites for hydroxylation is 1. The normalized spacial score (nSPS) is 13.9. The van der Waals surface area contributed by atoms with Crippen molar-refractivity contribution in [3.05, 3.63) is 28.8 Å². The van der Waals surface area contributed by atoms with Crippen LogP contribution in [-0.4, -0.2) is 37.9 Å². The minimum atomic E-state index is 0. The molecule has 0 radical (unpaired) electrons. The Morgan fingerprint density at radius 2 is 2.04 bits per heavy atom. The predicted octanol–water partition coefficient (Wildman–Crippen LogP) is 2.59. The lowest BCUT2D eigenvalue weighted by atomic mass is 9.88. The van der Waals surface area contributed by atoms with Gasteiger partial charge in [0, 0.05) is 25.8 Å². The van der Waals surface area contributed by atoms with Crippen LogP contribution in [0.5, 0.6) is 5.75 Å². The zero-order chi connectivity index (χ0) is 15.8. The Labute approximate surface area is 155 Å². The van der Waals surface area contributed by atoms with Crippen LogP contribution >= 0.6 is 24.0 Å². The van der Waals surface area contributed by atoms with Gasteiger partial charge in [-0.2, -0.15) is 0 Å². The van der Waals surface area contributed by atoms with Crippen LogP contribution in [0.25, 0.3) is 0 Å². The number of hydrogen-bond acceptors (Lipinski definition) is 3. The van der Waals surface area contributed by atoms with Gasteiger partial charge < -0.3 is 20.5 Å². The highest BCUT2D eigenvalue weighted by Gasteiger charge is 2.16. The van der Waals surface area contributed by atoms with Gasteiger partial charge in [-0.15, -0.1) is 24.0 Å². The SMILES string of the molecule is CCNC(=NCc1c(O)ccc2c1CCCC2)NCCOC.I.